The molecular weight excluding hydrogens is 290 g/mol. The summed E-state index contributed by atoms with van der Waals surface area (Å²) in [5.41, 5.74) is 0.549. The number of aromatic nitrogens is 2. The molecule has 0 amide bonds. The third-order valence-corrected chi connectivity index (χ3v) is 4.57. The lowest BCUT2D eigenvalue weighted by Crippen LogP contribution is -2.37. The Labute approximate surface area is 135 Å². The Bertz CT molecular complexity index is 742. The van der Waals surface area contributed by atoms with Crippen LogP contribution in [0.2, 0.25) is 0 Å². The van der Waals surface area contributed by atoms with Gasteiger partial charge in [0, 0.05) is 12.1 Å². The first-order chi connectivity index (χ1) is 11.1. The fourth-order valence-corrected chi connectivity index (χ4v) is 3.15. The summed E-state index contributed by atoms with van der Waals surface area (Å²) in [4.78, 5) is 27.1. The standard InChI is InChI=1S/C18H23N3O2/c1-12(2)21-16(22)11-15(20-18(21)23)19-17(14-9-6-10-14)13-7-4-3-5-8-13/h3-5,7-8,11-12,14,17,19H,6,9-10H2,1-2H3,(H,20,23). The average Bonchev–Trinajstić information content (AvgIpc) is 2.44. The summed E-state index contributed by atoms with van der Waals surface area (Å²) >= 11 is 0. The number of aromatic amines is 1. The van der Waals surface area contributed by atoms with E-state index < -0.39 is 0 Å². The largest absolute Gasteiger partial charge is 0.364 e. The molecule has 5 heteroatoms. The predicted molar refractivity (Wildman–Crippen MR) is 91.9 cm³/mol. The Balaban J connectivity index is 1.92. The second kappa shape index (κ2) is 6.44. The summed E-state index contributed by atoms with van der Waals surface area (Å²) in [5, 5.41) is 3.38. The van der Waals surface area contributed by atoms with Crippen LogP contribution in [0, 0.1) is 5.92 Å². The molecule has 0 bridgehead atoms. The van der Waals surface area contributed by atoms with Gasteiger partial charge in [0.05, 0.1) is 6.04 Å². The molecule has 2 aromatic rings. The molecule has 122 valence electrons. The SMILES string of the molecule is CC(C)n1c(=O)cc(NC(c2ccccc2)C2CCC2)[nH]c1=O. The predicted octanol–water partition coefficient (Wildman–Crippen LogP) is 3.07. The zero-order valence-electron chi connectivity index (χ0n) is 13.6. The lowest BCUT2D eigenvalue weighted by Gasteiger charge is -2.35. The molecule has 1 saturated carbocycles. The van der Waals surface area contributed by atoms with Crippen molar-refractivity contribution in [3.05, 3.63) is 62.8 Å². The Morgan fingerprint density at radius 1 is 1.17 bits per heavy atom. The molecule has 1 fully saturated rings. The number of hydrogen-bond donors (Lipinski definition) is 2. The molecule has 2 N–H and O–H groups in total. The normalized spacial score (nSPS) is 16.1. The van der Waals surface area contributed by atoms with Crippen LogP contribution in [0.3, 0.4) is 0 Å². The maximum atomic E-state index is 12.2. The number of H-pyrrole nitrogens is 1. The lowest BCUT2D eigenvalue weighted by atomic mass is 9.77. The molecule has 1 unspecified atom stereocenters. The highest BCUT2D eigenvalue weighted by Crippen LogP contribution is 2.39. The minimum atomic E-state index is -0.365. The van der Waals surface area contributed by atoms with Gasteiger partial charge in [-0.05, 0) is 38.2 Å². The Kier molecular flexibility index (Phi) is 4.37. The van der Waals surface area contributed by atoms with Crippen LogP contribution in [0.1, 0.15) is 50.8 Å². The van der Waals surface area contributed by atoms with Gasteiger partial charge in [-0.2, -0.15) is 0 Å². The van der Waals surface area contributed by atoms with Gasteiger partial charge in [0.15, 0.2) is 0 Å². The molecule has 1 aromatic carbocycles. The molecule has 1 aromatic heterocycles. The minimum absolute atomic E-state index is 0.120. The number of nitrogens with one attached hydrogen (secondary N) is 2. The number of hydrogen-bond acceptors (Lipinski definition) is 3. The number of rotatable bonds is 5. The van der Waals surface area contributed by atoms with E-state index in [1.807, 2.05) is 32.0 Å². The first-order valence-electron chi connectivity index (χ1n) is 8.23. The lowest BCUT2D eigenvalue weighted by molar-refractivity contribution is 0.276. The molecular formula is C18H23N3O2. The smallest absolute Gasteiger partial charge is 0.330 e. The van der Waals surface area contributed by atoms with Crippen molar-refractivity contribution in [2.75, 3.05) is 5.32 Å². The van der Waals surface area contributed by atoms with Gasteiger partial charge in [0.25, 0.3) is 5.56 Å². The van der Waals surface area contributed by atoms with Gasteiger partial charge in [-0.1, -0.05) is 36.8 Å². The van der Waals surface area contributed by atoms with Crippen LogP contribution < -0.4 is 16.6 Å². The van der Waals surface area contributed by atoms with E-state index in [4.69, 9.17) is 0 Å². The second-order valence-electron chi connectivity index (χ2n) is 6.51. The molecule has 1 aliphatic rings. The Morgan fingerprint density at radius 2 is 1.87 bits per heavy atom. The monoisotopic (exact) mass is 313 g/mol. The van der Waals surface area contributed by atoms with Crippen molar-refractivity contribution in [2.45, 2.75) is 45.2 Å². The zero-order chi connectivity index (χ0) is 16.4. The summed E-state index contributed by atoms with van der Waals surface area (Å²) in [6.07, 6.45) is 3.57. The van der Waals surface area contributed by atoms with Crippen LogP contribution in [0.15, 0.2) is 46.0 Å². The van der Waals surface area contributed by atoms with Crippen molar-refractivity contribution in [2.24, 2.45) is 5.92 Å². The van der Waals surface area contributed by atoms with E-state index in [0.29, 0.717) is 11.7 Å². The highest BCUT2D eigenvalue weighted by Gasteiger charge is 2.28. The van der Waals surface area contributed by atoms with Crippen molar-refractivity contribution in [3.63, 3.8) is 0 Å². The van der Waals surface area contributed by atoms with Crippen LogP contribution in [-0.4, -0.2) is 9.55 Å². The Hall–Kier alpha value is -2.30. The zero-order valence-corrected chi connectivity index (χ0v) is 13.6. The molecule has 1 atom stereocenters. The third-order valence-electron chi connectivity index (χ3n) is 4.57. The van der Waals surface area contributed by atoms with Crippen LogP contribution in [0.5, 0.6) is 0 Å². The third kappa shape index (κ3) is 3.23. The molecule has 0 aliphatic heterocycles. The van der Waals surface area contributed by atoms with Gasteiger partial charge in [-0.15, -0.1) is 0 Å². The number of anilines is 1. The second-order valence-corrected chi connectivity index (χ2v) is 6.51. The van der Waals surface area contributed by atoms with Crippen molar-refractivity contribution in [1.29, 1.82) is 0 Å². The van der Waals surface area contributed by atoms with Crippen LogP contribution in [-0.2, 0) is 0 Å². The summed E-state index contributed by atoms with van der Waals surface area (Å²) in [7, 11) is 0. The van der Waals surface area contributed by atoms with Crippen LogP contribution in [0.4, 0.5) is 5.82 Å². The molecule has 3 rings (SSSR count). The van der Waals surface area contributed by atoms with E-state index in [-0.39, 0.29) is 23.3 Å². The topological polar surface area (TPSA) is 66.9 Å². The Morgan fingerprint density at radius 3 is 2.39 bits per heavy atom. The van der Waals surface area contributed by atoms with E-state index in [1.54, 1.807) is 0 Å². The highest BCUT2D eigenvalue weighted by molar-refractivity contribution is 5.38. The molecule has 5 nitrogen and oxygen atoms in total. The number of nitrogens with zero attached hydrogens (tertiary/aromatic N) is 1. The average molecular weight is 313 g/mol. The van der Waals surface area contributed by atoms with Gasteiger partial charge in [0.2, 0.25) is 0 Å². The highest BCUT2D eigenvalue weighted by atomic mass is 16.2. The van der Waals surface area contributed by atoms with Crippen LogP contribution >= 0.6 is 0 Å². The summed E-state index contributed by atoms with van der Waals surface area (Å²) in [5.74, 6) is 1.03. The molecule has 1 aliphatic carbocycles. The van der Waals surface area contributed by atoms with Gasteiger partial charge in [-0.3, -0.25) is 14.3 Å². The maximum absolute atomic E-state index is 12.2. The molecule has 0 spiro atoms. The number of benzene rings is 1. The van der Waals surface area contributed by atoms with Crippen molar-refractivity contribution >= 4 is 5.82 Å². The van der Waals surface area contributed by atoms with E-state index >= 15 is 0 Å². The molecule has 1 heterocycles. The maximum Gasteiger partial charge on any atom is 0.330 e. The fraction of sp³-hybridized carbons (Fsp3) is 0.444. The quantitative estimate of drug-likeness (QED) is 0.891. The van der Waals surface area contributed by atoms with E-state index in [0.717, 1.165) is 0 Å². The van der Waals surface area contributed by atoms with Gasteiger partial charge >= 0.3 is 5.69 Å². The van der Waals surface area contributed by atoms with E-state index in [1.165, 1.54) is 35.5 Å². The van der Waals surface area contributed by atoms with Gasteiger partial charge < -0.3 is 5.32 Å². The van der Waals surface area contributed by atoms with E-state index in [9.17, 15) is 9.59 Å². The van der Waals surface area contributed by atoms with Gasteiger partial charge in [0.1, 0.15) is 5.82 Å². The fourth-order valence-electron chi connectivity index (χ4n) is 3.15. The van der Waals surface area contributed by atoms with Crippen LogP contribution in [0.25, 0.3) is 0 Å². The summed E-state index contributed by atoms with van der Waals surface area (Å²) in [6.45, 7) is 3.65. The first kappa shape index (κ1) is 15.6. The van der Waals surface area contributed by atoms with Crippen molar-refractivity contribution < 1.29 is 0 Å². The molecule has 23 heavy (non-hydrogen) atoms. The van der Waals surface area contributed by atoms with E-state index in [2.05, 4.69) is 22.4 Å². The molecule has 0 saturated heterocycles. The van der Waals surface area contributed by atoms with Gasteiger partial charge in [-0.25, -0.2) is 4.79 Å². The molecule has 0 radical (unpaired) electrons. The summed E-state index contributed by atoms with van der Waals surface area (Å²) in [6, 6.07) is 11.6. The summed E-state index contributed by atoms with van der Waals surface area (Å²) < 4.78 is 1.23. The minimum Gasteiger partial charge on any atom is -0.364 e. The van der Waals surface area contributed by atoms with Crippen molar-refractivity contribution in [1.82, 2.24) is 9.55 Å². The van der Waals surface area contributed by atoms with Crippen molar-refractivity contribution in [3.8, 4) is 0 Å². The first-order valence-corrected chi connectivity index (χ1v) is 8.23.